The summed E-state index contributed by atoms with van der Waals surface area (Å²) in [6.45, 7) is 1.69. The zero-order valence-corrected chi connectivity index (χ0v) is 20.9. The second-order valence-corrected chi connectivity index (χ2v) is 8.54. The lowest BCUT2D eigenvalue weighted by atomic mass is 10.1. The Labute approximate surface area is 214 Å². The van der Waals surface area contributed by atoms with Gasteiger partial charge in [0.1, 0.15) is 23.0 Å². The number of nitrogens with zero attached hydrogens (tertiary/aromatic N) is 1. The minimum absolute atomic E-state index is 0.00831. The van der Waals surface area contributed by atoms with E-state index in [1.165, 1.54) is 19.1 Å². The molecule has 0 bridgehead atoms. The fourth-order valence-electron chi connectivity index (χ4n) is 3.89. The molecule has 1 heterocycles. The topological polar surface area (TPSA) is 103 Å². The molecular weight excluding hydrogens is 476 g/mol. The van der Waals surface area contributed by atoms with Gasteiger partial charge in [-0.25, -0.2) is 0 Å². The molecule has 37 heavy (non-hydrogen) atoms. The van der Waals surface area contributed by atoms with Gasteiger partial charge in [-0.3, -0.25) is 14.4 Å². The standard InChI is InChI=1S/C28H28N2O7/c1-18-4-8-21(9-5-18)37-22-10-6-20(7-11-22)30-16-19(14-27(30)32)28(33)36-17-26(31)29-24-13-12-23(34-2)15-25(24)35-3/h4-13,15,19H,14,16-17H2,1-3H3,(H,29,31)/t19-/m1/s1. The number of esters is 1. The number of hydrogen-bond donors (Lipinski definition) is 1. The van der Waals surface area contributed by atoms with E-state index in [4.69, 9.17) is 18.9 Å². The van der Waals surface area contributed by atoms with Crippen LogP contribution < -0.4 is 24.4 Å². The number of carbonyl (C=O) groups is 3. The van der Waals surface area contributed by atoms with Crippen LogP contribution in [0.3, 0.4) is 0 Å². The van der Waals surface area contributed by atoms with Crippen LogP contribution in [0, 0.1) is 12.8 Å². The van der Waals surface area contributed by atoms with Gasteiger partial charge in [-0.1, -0.05) is 17.7 Å². The number of nitrogens with one attached hydrogen (secondary N) is 1. The van der Waals surface area contributed by atoms with Gasteiger partial charge in [-0.05, 0) is 55.5 Å². The van der Waals surface area contributed by atoms with Crippen molar-refractivity contribution in [2.24, 2.45) is 5.92 Å². The molecule has 9 heteroatoms. The van der Waals surface area contributed by atoms with Crippen molar-refractivity contribution in [1.29, 1.82) is 0 Å². The van der Waals surface area contributed by atoms with Crippen molar-refractivity contribution in [2.45, 2.75) is 13.3 Å². The summed E-state index contributed by atoms with van der Waals surface area (Å²) in [6, 6.07) is 19.7. The lowest BCUT2D eigenvalue weighted by molar-refractivity contribution is -0.151. The molecule has 0 radical (unpaired) electrons. The average molecular weight is 505 g/mol. The number of carbonyl (C=O) groups excluding carboxylic acids is 3. The van der Waals surface area contributed by atoms with Crippen LogP contribution in [0.2, 0.25) is 0 Å². The third-order valence-electron chi connectivity index (χ3n) is 5.89. The van der Waals surface area contributed by atoms with Crippen molar-refractivity contribution in [1.82, 2.24) is 0 Å². The van der Waals surface area contributed by atoms with Gasteiger partial charge in [-0.2, -0.15) is 0 Å². The highest BCUT2D eigenvalue weighted by Gasteiger charge is 2.36. The maximum absolute atomic E-state index is 12.6. The summed E-state index contributed by atoms with van der Waals surface area (Å²) in [5.41, 5.74) is 2.21. The number of rotatable bonds is 9. The molecule has 0 aromatic heterocycles. The van der Waals surface area contributed by atoms with Crippen LogP contribution >= 0.6 is 0 Å². The van der Waals surface area contributed by atoms with E-state index in [0.717, 1.165) is 5.56 Å². The quantitative estimate of drug-likeness (QED) is 0.433. The number of anilines is 2. The van der Waals surface area contributed by atoms with Gasteiger partial charge in [0.25, 0.3) is 5.91 Å². The van der Waals surface area contributed by atoms with Gasteiger partial charge in [0.15, 0.2) is 6.61 Å². The molecule has 1 N–H and O–H groups in total. The van der Waals surface area contributed by atoms with E-state index in [2.05, 4.69) is 5.32 Å². The van der Waals surface area contributed by atoms with E-state index in [-0.39, 0.29) is 18.9 Å². The van der Waals surface area contributed by atoms with Gasteiger partial charge in [0.05, 0.1) is 25.8 Å². The van der Waals surface area contributed by atoms with Crippen molar-refractivity contribution >= 4 is 29.2 Å². The first-order valence-corrected chi connectivity index (χ1v) is 11.7. The normalized spacial score (nSPS) is 14.7. The SMILES string of the molecule is COc1ccc(NC(=O)COC(=O)[C@@H]2CC(=O)N(c3ccc(Oc4ccc(C)cc4)cc3)C2)c(OC)c1. The highest BCUT2D eigenvalue weighted by atomic mass is 16.5. The molecule has 4 rings (SSSR count). The Morgan fingerprint density at radius 2 is 1.57 bits per heavy atom. The fourth-order valence-corrected chi connectivity index (χ4v) is 3.89. The van der Waals surface area contributed by atoms with Crippen LogP contribution in [-0.4, -0.2) is 45.2 Å². The van der Waals surface area contributed by atoms with Gasteiger partial charge < -0.3 is 29.2 Å². The molecule has 1 fully saturated rings. The molecule has 2 amide bonds. The molecule has 0 saturated carbocycles. The highest BCUT2D eigenvalue weighted by Crippen LogP contribution is 2.30. The van der Waals surface area contributed by atoms with Gasteiger partial charge in [-0.15, -0.1) is 0 Å². The van der Waals surface area contributed by atoms with E-state index in [9.17, 15) is 14.4 Å². The molecule has 9 nitrogen and oxygen atoms in total. The van der Waals surface area contributed by atoms with Crippen molar-refractivity contribution in [3.63, 3.8) is 0 Å². The number of hydrogen-bond acceptors (Lipinski definition) is 7. The van der Waals surface area contributed by atoms with Crippen LogP contribution in [-0.2, 0) is 19.1 Å². The Morgan fingerprint density at radius 3 is 2.22 bits per heavy atom. The number of ether oxygens (including phenoxy) is 4. The van der Waals surface area contributed by atoms with Crippen molar-refractivity contribution < 1.29 is 33.3 Å². The number of methoxy groups -OCH3 is 2. The minimum atomic E-state index is -0.667. The molecular formula is C28H28N2O7. The maximum Gasteiger partial charge on any atom is 0.311 e. The molecule has 1 aliphatic rings. The summed E-state index contributed by atoms with van der Waals surface area (Å²) in [4.78, 5) is 39.0. The van der Waals surface area contributed by atoms with Crippen LogP contribution in [0.25, 0.3) is 0 Å². The van der Waals surface area contributed by atoms with Crippen LogP contribution in [0.4, 0.5) is 11.4 Å². The third-order valence-corrected chi connectivity index (χ3v) is 5.89. The van der Waals surface area contributed by atoms with E-state index < -0.39 is 24.4 Å². The lowest BCUT2D eigenvalue weighted by Gasteiger charge is -2.17. The predicted octanol–water partition coefficient (Wildman–Crippen LogP) is 4.34. The van der Waals surface area contributed by atoms with E-state index in [0.29, 0.717) is 34.4 Å². The number of benzene rings is 3. The van der Waals surface area contributed by atoms with Crippen LogP contribution in [0.5, 0.6) is 23.0 Å². The van der Waals surface area contributed by atoms with Crippen molar-refractivity contribution in [3.05, 3.63) is 72.3 Å². The minimum Gasteiger partial charge on any atom is -0.497 e. The first-order chi connectivity index (χ1) is 17.9. The third kappa shape index (κ3) is 6.38. The first kappa shape index (κ1) is 25.6. The van der Waals surface area contributed by atoms with Crippen LogP contribution in [0.15, 0.2) is 66.7 Å². The number of aryl methyl sites for hydroxylation is 1. The Hall–Kier alpha value is -4.53. The van der Waals surface area contributed by atoms with E-state index >= 15 is 0 Å². The first-order valence-electron chi connectivity index (χ1n) is 11.7. The van der Waals surface area contributed by atoms with Gasteiger partial charge >= 0.3 is 5.97 Å². The van der Waals surface area contributed by atoms with Gasteiger partial charge in [0.2, 0.25) is 5.91 Å². The van der Waals surface area contributed by atoms with Gasteiger partial charge in [0, 0.05) is 24.7 Å². The summed E-state index contributed by atoms with van der Waals surface area (Å²) >= 11 is 0. The second-order valence-electron chi connectivity index (χ2n) is 8.54. The van der Waals surface area contributed by atoms with Crippen molar-refractivity contribution in [2.75, 3.05) is 37.6 Å². The molecule has 0 spiro atoms. The summed E-state index contributed by atoms with van der Waals surface area (Å²) < 4.78 is 21.4. The summed E-state index contributed by atoms with van der Waals surface area (Å²) in [5.74, 6) is 0.342. The molecule has 0 unspecified atom stereocenters. The monoisotopic (exact) mass is 504 g/mol. The number of amides is 2. The largest absolute Gasteiger partial charge is 0.497 e. The molecule has 1 saturated heterocycles. The molecule has 1 atom stereocenters. The highest BCUT2D eigenvalue weighted by molar-refractivity contribution is 6.00. The summed E-state index contributed by atoms with van der Waals surface area (Å²) in [6.07, 6.45) is 0.00831. The predicted molar refractivity (Wildman–Crippen MR) is 137 cm³/mol. The van der Waals surface area contributed by atoms with E-state index in [1.807, 2.05) is 31.2 Å². The zero-order valence-electron chi connectivity index (χ0n) is 20.9. The lowest BCUT2D eigenvalue weighted by Crippen LogP contribution is -2.28. The Balaban J connectivity index is 1.29. The Bertz CT molecular complexity index is 1270. The molecule has 192 valence electrons. The average Bonchev–Trinajstić information content (AvgIpc) is 3.30. The summed E-state index contributed by atoms with van der Waals surface area (Å²) in [5, 5.41) is 2.64. The summed E-state index contributed by atoms with van der Waals surface area (Å²) in [7, 11) is 3.00. The fraction of sp³-hybridized carbons (Fsp3) is 0.250. The molecule has 3 aromatic carbocycles. The maximum atomic E-state index is 12.6. The Kier molecular flexibility index (Phi) is 7.92. The van der Waals surface area contributed by atoms with Crippen molar-refractivity contribution in [3.8, 4) is 23.0 Å². The second kappa shape index (κ2) is 11.5. The van der Waals surface area contributed by atoms with E-state index in [1.54, 1.807) is 42.5 Å². The smallest absolute Gasteiger partial charge is 0.311 e. The Morgan fingerprint density at radius 1 is 0.919 bits per heavy atom. The molecule has 0 aliphatic carbocycles. The van der Waals surface area contributed by atoms with Crippen LogP contribution in [0.1, 0.15) is 12.0 Å². The zero-order chi connectivity index (χ0) is 26.4. The molecule has 3 aromatic rings. The molecule has 1 aliphatic heterocycles.